The first-order valence-corrected chi connectivity index (χ1v) is 7.55. The molecule has 0 aliphatic heterocycles. The van der Waals surface area contributed by atoms with Gasteiger partial charge in [0.1, 0.15) is 5.82 Å². The van der Waals surface area contributed by atoms with Gasteiger partial charge in [-0.3, -0.25) is 0 Å². The third-order valence-electron chi connectivity index (χ3n) is 2.94. The summed E-state index contributed by atoms with van der Waals surface area (Å²) in [5, 5.41) is 6.54. The number of rotatable bonds is 3. The maximum Gasteiger partial charge on any atom is 0.128 e. The van der Waals surface area contributed by atoms with Crippen molar-refractivity contribution >= 4 is 43.0 Å². The number of anilines is 1. The van der Waals surface area contributed by atoms with Gasteiger partial charge in [0.25, 0.3) is 0 Å². The molecule has 0 bridgehead atoms. The fourth-order valence-electron chi connectivity index (χ4n) is 1.95. The van der Waals surface area contributed by atoms with Crippen LogP contribution in [0.5, 0.6) is 0 Å². The van der Waals surface area contributed by atoms with Crippen LogP contribution in [0.15, 0.2) is 52.3 Å². The summed E-state index contributed by atoms with van der Waals surface area (Å²) in [5.74, 6) is -0.188. The molecule has 3 rings (SSSR count). The van der Waals surface area contributed by atoms with Crippen molar-refractivity contribution in [3.8, 4) is 0 Å². The van der Waals surface area contributed by atoms with Gasteiger partial charge in [0, 0.05) is 27.0 Å². The first-order chi connectivity index (χ1) is 9.22. The average Bonchev–Trinajstić information content (AvgIpc) is 2.87. The average molecular weight is 336 g/mol. The Labute approximate surface area is 123 Å². The summed E-state index contributed by atoms with van der Waals surface area (Å²) >= 11 is 5.08. The van der Waals surface area contributed by atoms with Crippen molar-refractivity contribution in [3.05, 3.63) is 63.7 Å². The molecule has 0 spiro atoms. The van der Waals surface area contributed by atoms with Gasteiger partial charge in [-0.1, -0.05) is 15.9 Å². The number of fused-ring (bicyclic) bond motifs is 1. The van der Waals surface area contributed by atoms with Crippen molar-refractivity contribution < 1.29 is 4.39 Å². The summed E-state index contributed by atoms with van der Waals surface area (Å²) in [6.07, 6.45) is 0. The second-order valence-corrected chi connectivity index (χ2v) is 6.13. The summed E-state index contributed by atoms with van der Waals surface area (Å²) in [6.45, 7) is 0.473. The molecule has 0 unspecified atom stereocenters. The molecule has 2 aromatic carbocycles. The summed E-state index contributed by atoms with van der Waals surface area (Å²) in [5.41, 5.74) is 1.66. The molecule has 1 aromatic heterocycles. The lowest BCUT2D eigenvalue weighted by Crippen LogP contribution is -2.01. The minimum absolute atomic E-state index is 0.188. The van der Waals surface area contributed by atoms with Crippen molar-refractivity contribution in [2.24, 2.45) is 0 Å². The van der Waals surface area contributed by atoms with Crippen LogP contribution in [0.1, 0.15) is 5.56 Å². The molecule has 1 N–H and O–H groups in total. The SMILES string of the molecule is Fc1ccc(Br)cc1CNc1ccc2sccc2c1. The smallest absolute Gasteiger partial charge is 0.128 e. The Morgan fingerprint density at radius 2 is 2.00 bits per heavy atom. The lowest BCUT2D eigenvalue weighted by Gasteiger charge is -2.08. The summed E-state index contributed by atoms with van der Waals surface area (Å²) in [6, 6.07) is 13.3. The van der Waals surface area contributed by atoms with Crippen LogP contribution in [0.3, 0.4) is 0 Å². The third kappa shape index (κ3) is 2.80. The molecule has 3 aromatic rings. The van der Waals surface area contributed by atoms with E-state index < -0.39 is 0 Å². The highest BCUT2D eigenvalue weighted by atomic mass is 79.9. The normalized spacial score (nSPS) is 10.8. The van der Waals surface area contributed by atoms with E-state index in [1.54, 1.807) is 23.5 Å². The molecule has 96 valence electrons. The molecule has 1 heterocycles. The third-order valence-corrected chi connectivity index (χ3v) is 4.33. The minimum Gasteiger partial charge on any atom is -0.381 e. The van der Waals surface area contributed by atoms with E-state index in [2.05, 4.69) is 44.8 Å². The fraction of sp³-hybridized carbons (Fsp3) is 0.0667. The highest BCUT2D eigenvalue weighted by Crippen LogP contribution is 2.24. The van der Waals surface area contributed by atoms with Crippen molar-refractivity contribution in [1.82, 2.24) is 0 Å². The topological polar surface area (TPSA) is 12.0 Å². The molecule has 1 nitrogen and oxygen atoms in total. The number of hydrogen-bond donors (Lipinski definition) is 1. The fourth-order valence-corrected chi connectivity index (χ4v) is 3.13. The van der Waals surface area contributed by atoms with Gasteiger partial charge in [0.15, 0.2) is 0 Å². The van der Waals surface area contributed by atoms with Crippen LogP contribution in [-0.4, -0.2) is 0 Å². The molecular formula is C15H11BrFNS. The highest BCUT2D eigenvalue weighted by Gasteiger charge is 2.03. The molecule has 0 aliphatic rings. The second-order valence-electron chi connectivity index (χ2n) is 4.26. The Balaban J connectivity index is 1.79. The predicted octanol–water partition coefficient (Wildman–Crippen LogP) is 5.42. The molecule has 0 saturated heterocycles. The maximum atomic E-state index is 13.6. The molecule has 0 atom stereocenters. The van der Waals surface area contributed by atoms with Crippen LogP contribution in [-0.2, 0) is 6.54 Å². The largest absolute Gasteiger partial charge is 0.381 e. The Hall–Kier alpha value is -1.39. The monoisotopic (exact) mass is 335 g/mol. The van der Waals surface area contributed by atoms with Gasteiger partial charge in [0.2, 0.25) is 0 Å². The highest BCUT2D eigenvalue weighted by molar-refractivity contribution is 9.10. The van der Waals surface area contributed by atoms with Gasteiger partial charge in [-0.05, 0) is 53.2 Å². The zero-order valence-electron chi connectivity index (χ0n) is 9.99. The first-order valence-electron chi connectivity index (χ1n) is 5.87. The second kappa shape index (κ2) is 5.31. The van der Waals surface area contributed by atoms with E-state index in [4.69, 9.17) is 0 Å². The molecule has 0 amide bonds. The lowest BCUT2D eigenvalue weighted by molar-refractivity contribution is 0.612. The van der Waals surface area contributed by atoms with Crippen LogP contribution < -0.4 is 5.32 Å². The Morgan fingerprint density at radius 1 is 1.11 bits per heavy atom. The van der Waals surface area contributed by atoms with Crippen molar-refractivity contribution in [1.29, 1.82) is 0 Å². The molecule has 19 heavy (non-hydrogen) atoms. The molecule has 0 aliphatic carbocycles. The van der Waals surface area contributed by atoms with E-state index in [0.717, 1.165) is 10.2 Å². The number of nitrogens with one attached hydrogen (secondary N) is 1. The molecule has 0 fully saturated rings. The van der Waals surface area contributed by atoms with Gasteiger partial charge >= 0.3 is 0 Å². The summed E-state index contributed by atoms with van der Waals surface area (Å²) < 4.78 is 15.8. The Morgan fingerprint density at radius 3 is 2.89 bits per heavy atom. The van der Waals surface area contributed by atoms with Crippen LogP contribution in [0.25, 0.3) is 10.1 Å². The lowest BCUT2D eigenvalue weighted by atomic mass is 10.2. The first kappa shape index (κ1) is 12.6. The van der Waals surface area contributed by atoms with Crippen LogP contribution in [0.4, 0.5) is 10.1 Å². The maximum absolute atomic E-state index is 13.6. The Kier molecular flexibility index (Phi) is 3.53. The predicted molar refractivity (Wildman–Crippen MR) is 83.3 cm³/mol. The van der Waals surface area contributed by atoms with Gasteiger partial charge < -0.3 is 5.32 Å². The number of thiophene rings is 1. The molecular weight excluding hydrogens is 325 g/mol. The summed E-state index contributed by atoms with van der Waals surface area (Å²) in [4.78, 5) is 0. The number of benzene rings is 2. The van der Waals surface area contributed by atoms with E-state index >= 15 is 0 Å². The Bertz CT molecular complexity index is 723. The zero-order chi connectivity index (χ0) is 13.2. The number of halogens is 2. The quantitative estimate of drug-likeness (QED) is 0.674. The van der Waals surface area contributed by atoms with Crippen LogP contribution >= 0.6 is 27.3 Å². The summed E-state index contributed by atoms with van der Waals surface area (Å²) in [7, 11) is 0. The van der Waals surface area contributed by atoms with Gasteiger partial charge in [-0.15, -0.1) is 11.3 Å². The number of hydrogen-bond acceptors (Lipinski definition) is 2. The van der Waals surface area contributed by atoms with E-state index in [1.807, 2.05) is 6.07 Å². The van der Waals surface area contributed by atoms with Crippen molar-refractivity contribution in [2.75, 3.05) is 5.32 Å². The minimum atomic E-state index is -0.188. The van der Waals surface area contributed by atoms with Gasteiger partial charge in [-0.25, -0.2) is 4.39 Å². The standard InChI is InChI=1S/C15H11BrFNS/c16-12-1-3-14(17)11(7-12)9-18-13-2-4-15-10(8-13)5-6-19-15/h1-8,18H,9H2. The van der Waals surface area contributed by atoms with E-state index in [1.165, 1.54) is 16.2 Å². The van der Waals surface area contributed by atoms with Crippen LogP contribution in [0.2, 0.25) is 0 Å². The van der Waals surface area contributed by atoms with E-state index in [0.29, 0.717) is 12.1 Å². The van der Waals surface area contributed by atoms with Crippen molar-refractivity contribution in [2.45, 2.75) is 6.54 Å². The van der Waals surface area contributed by atoms with E-state index in [9.17, 15) is 4.39 Å². The molecule has 0 radical (unpaired) electrons. The van der Waals surface area contributed by atoms with Gasteiger partial charge in [0.05, 0.1) is 0 Å². The van der Waals surface area contributed by atoms with Gasteiger partial charge in [-0.2, -0.15) is 0 Å². The molecule has 0 saturated carbocycles. The molecule has 4 heteroatoms. The van der Waals surface area contributed by atoms with Crippen LogP contribution in [0, 0.1) is 5.82 Å². The van der Waals surface area contributed by atoms with Crippen molar-refractivity contribution in [3.63, 3.8) is 0 Å². The zero-order valence-corrected chi connectivity index (χ0v) is 12.4. The van der Waals surface area contributed by atoms with E-state index in [-0.39, 0.29) is 5.82 Å².